The average molecular weight is 213 g/mol. The summed E-state index contributed by atoms with van der Waals surface area (Å²) in [6.45, 7) is 9.84. The quantitative estimate of drug-likeness (QED) is 0.669. The second-order valence-corrected chi connectivity index (χ2v) is 4.94. The van der Waals surface area contributed by atoms with Gasteiger partial charge in [-0.1, -0.05) is 33.6 Å². The third-order valence-corrected chi connectivity index (χ3v) is 3.73. The summed E-state index contributed by atoms with van der Waals surface area (Å²) in [5.41, 5.74) is 0. The monoisotopic (exact) mass is 213 g/mol. The van der Waals surface area contributed by atoms with Crippen molar-refractivity contribution in [3.05, 3.63) is 0 Å². The van der Waals surface area contributed by atoms with Crippen LogP contribution in [0.2, 0.25) is 0 Å². The molecule has 0 radical (unpaired) electrons. The van der Waals surface area contributed by atoms with Crippen LogP contribution in [0.4, 0.5) is 0 Å². The lowest BCUT2D eigenvalue weighted by Crippen LogP contribution is -2.36. The first kappa shape index (κ1) is 13.0. The van der Waals surface area contributed by atoms with Crippen molar-refractivity contribution in [2.24, 2.45) is 11.8 Å². The van der Waals surface area contributed by atoms with E-state index < -0.39 is 0 Å². The topological polar surface area (TPSA) is 23.5 Å². The lowest BCUT2D eigenvalue weighted by Gasteiger charge is -2.27. The first-order valence-corrected chi connectivity index (χ1v) is 6.61. The van der Waals surface area contributed by atoms with E-state index in [1.54, 1.807) is 0 Å². The van der Waals surface area contributed by atoms with Crippen molar-refractivity contribution in [2.75, 3.05) is 19.6 Å². The number of nitrogens with zero attached hydrogens (tertiary/aromatic N) is 1. The Balaban J connectivity index is 2.26. The van der Waals surface area contributed by atoms with E-state index in [9.17, 15) is 5.11 Å². The van der Waals surface area contributed by atoms with Gasteiger partial charge in [-0.15, -0.1) is 0 Å². The van der Waals surface area contributed by atoms with Gasteiger partial charge >= 0.3 is 0 Å². The Morgan fingerprint density at radius 2 is 1.73 bits per heavy atom. The summed E-state index contributed by atoms with van der Waals surface area (Å²) in [5.74, 6) is 1.41. The van der Waals surface area contributed by atoms with Crippen molar-refractivity contribution < 1.29 is 5.11 Å². The zero-order valence-corrected chi connectivity index (χ0v) is 10.6. The van der Waals surface area contributed by atoms with E-state index in [4.69, 9.17) is 0 Å². The zero-order valence-electron chi connectivity index (χ0n) is 10.6. The molecule has 0 heterocycles. The predicted molar refractivity (Wildman–Crippen MR) is 64.9 cm³/mol. The van der Waals surface area contributed by atoms with E-state index in [1.165, 1.54) is 25.7 Å². The normalized spacial score (nSPS) is 18.8. The van der Waals surface area contributed by atoms with Crippen LogP contribution in [0.3, 0.4) is 0 Å². The molecule has 2 nitrogen and oxygen atoms in total. The fourth-order valence-electron chi connectivity index (χ4n) is 2.14. The average Bonchev–Trinajstić information content (AvgIpc) is 3.07. The van der Waals surface area contributed by atoms with Crippen molar-refractivity contribution in [3.8, 4) is 0 Å². The van der Waals surface area contributed by atoms with Gasteiger partial charge < -0.3 is 10.0 Å². The zero-order chi connectivity index (χ0) is 11.3. The molecule has 0 saturated heterocycles. The summed E-state index contributed by atoms with van der Waals surface area (Å²) in [6, 6.07) is 0. The van der Waals surface area contributed by atoms with E-state index >= 15 is 0 Å². The summed E-state index contributed by atoms with van der Waals surface area (Å²) in [5, 5.41) is 9.91. The Morgan fingerprint density at radius 1 is 1.13 bits per heavy atom. The highest BCUT2D eigenvalue weighted by Crippen LogP contribution is 2.32. The van der Waals surface area contributed by atoms with Gasteiger partial charge in [0, 0.05) is 13.1 Å². The maximum absolute atomic E-state index is 9.91. The molecule has 1 rings (SSSR count). The summed E-state index contributed by atoms with van der Waals surface area (Å²) < 4.78 is 0. The Bertz CT molecular complexity index is 160. The first-order valence-electron chi connectivity index (χ1n) is 6.61. The second-order valence-electron chi connectivity index (χ2n) is 4.94. The highest BCUT2D eigenvalue weighted by molar-refractivity contribution is 4.83. The van der Waals surface area contributed by atoms with Crippen LogP contribution in [-0.4, -0.2) is 35.7 Å². The fourth-order valence-corrected chi connectivity index (χ4v) is 2.14. The third-order valence-electron chi connectivity index (χ3n) is 3.73. The molecule has 1 unspecified atom stereocenters. The molecule has 1 saturated carbocycles. The van der Waals surface area contributed by atoms with Crippen LogP contribution >= 0.6 is 0 Å². The number of aliphatic hydroxyl groups excluding tert-OH is 1. The fraction of sp³-hybridized carbons (Fsp3) is 1.00. The van der Waals surface area contributed by atoms with Crippen molar-refractivity contribution in [1.82, 2.24) is 4.90 Å². The van der Waals surface area contributed by atoms with Gasteiger partial charge in [0.05, 0.1) is 6.10 Å². The first-order chi connectivity index (χ1) is 7.21. The maximum Gasteiger partial charge on any atom is 0.0695 e. The standard InChI is InChI=1S/C13H27NO/c1-4-11(5-2)9-14(6-3)10-13(15)12-7-8-12/h11-13,15H,4-10H2,1-3H3. The molecule has 1 aliphatic carbocycles. The summed E-state index contributed by atoms with van der Waals surface area (Å²) in [7, 11) is 0. The summed E-state index contributed by atoms with van der Waals surface area (Å²) in [6.07, 6.45) is 4.92. The molecule has 0 aromatic carbocycles. The Hall–Kier alpha value is -0.0800. The van der Waals surface area contributed by atoms with Crippen LogP contribution in [0.15, 0.2) is 0 Å². The Kier molecular flexibility index (Phi) is 5.62. The van der Waals surface area contributed by atoms with Gasteiger partial charge in [0.2, 0.25) is 0 Å². The second kappa shape index (κ2) is 6.49. The van der Waals surface area contributed by atoms with Crippen LogP contribution in [0.5, 0.6) is 0 Å². The SMILES string of the molecule is CCC(CC)CN(CC)CC(O)C1CC1. The molecule has 1 atom stereocenters. The minimum absolute atomic E-state index is 0.0701. The molecule has 0 aliphatic heterocycles. The molecular weight excluding hydrogens is 186 g/mol. The van der Waals surface area contributed by atoms with Gasteiger partial charge in [0.15, 0.2) is 0 Å². The van der Waals surface area contributed by atoms with E-state index in [-0.39, 0.29) is 6.10 Å². The van der Waals surface area contributed by atoms with Crippen LogP contribution in [-0.2, 0) is 0 Å². The van der Waals surface area contributed by atoms with Crippen molar-refractivity contribution in [1.29, 1.82) is 0 Å². The molecule has 0 amide bonds. The smallest absolute Gasteiger partial charge is 0.0695 e. The molecule has 1 fully saturated rings. The van der Waals surface area contributed by atoms with Crippen LogP contribution in [0, 0.1) is 11.8 Å². The predicted octanol–water partition coefficient (Wildman–Crippen LogP) is 2.52. The number of aliphatic hydroxyl groups is 1. The molecule has 0 aromatic rings. The molecule has 0 bridgehead atoms. The number of rotatable bonds is 8. The van der Waals surface area contributed by atoms with Gasteiger partial charge in [-0.05, 0) is 31.2 Å². The van der Waals surface area contributed by atoms with E-state index in [0.29, 0.717) is 5.92 Å². The minimum Gasteiger partial charge on any atom is -0.392 e. The number of hydrogen-bond acceptors (Lipinski definition) is 2. The van der Waals surface area contributed by atoms with E-state index in [0.717, 1.165) is 25.6 Å². The van der Waals surface area contributed by atoms with Gasteiger partial charge in [-0.2, -0.15) is 0 Å². The largest absolute Gasteiger partial charge is 0.392 e. The van der Waals surface area contributed by atoms with Crippen molar-refractivity contribution >= 4 is 0 Å². The van der Waals surface area contributed by atoms with Gasteiger partial charge in [-0.3, -0.25) is 0 Å². The number of likely N-dealkylation sites (N-methyl/N-ethyl adjacent to an activating group) is 1. The molecule has 1 aliphatic rings. The van der Waals surface area contributed by atoms with E-state index in [1.807, 2.05) is 0 Å². The van der Waals surface area contributed by atoms with Crippen LogP contribution in [0.25, 0.3) is 0 Å². The summed E-state index contributed by atoms with van der Waals surface area (Å²) in [4.78, 5) is 2.42. The van der Waals surface area contributed by atoms with Crippen molar-refractivity contribution in [3.63, 3.8) is 0 Å². The summed E-state index contributed by atoms with van der Waals surface area (Å²) >= 11 is 0. The lowest BCUT2D eigenvalue weighted by atomic mass is 10.0. The van der Waals surface area contributed by atoms with E-state index in [2.05, 4.69) is 25.7 Å². The maximum atomic E-state index is 9.91. The minimum atomic E-state index is -0.0701. The third kappa shape index (κ3) is 4.52. The molecule has 2 heteroatoms. The van der Waals surface area contributed by atoms with Gasteiger partial charge in [-0.25, -0.2) is 0 Å². The van der Waals surface area contributed by atoms with Crippen molar-refractivity contribution in [2.45, 2.75) is 52.6 Å². The lowest BCUT2D eigenvalue weighted by molar-refractivity contribution is 0.0886. The van der Waals surface area contributed by atoms with Gasteiger partial charge in [0.25, 0.3) is 0 Å². The molecular formula is C13H27NO. The molecule has 15 heavy (non-hydrogen) atoms. The molecule has 1 N–H and O–H groups in total. The van der Waals surface area contributed by atoms with Gasteiger partial charge in [0.1, 0.15) is 0 Å². The molecule has 0 spiro atoms. The highest BCUT2D eigenvalue weighted by atomic mass is 16.3. The van der Waals surface area contributed by atoms with Crippen LogP contribution in [0.1, 0.15) is 46.5 Å². The molecule has 90 valence electrons. The Morgan fingerprint density at radius 3 is 2.13 bits per heavy atom. The Labute approximate surface area is 94.7 Å². The van der Waals surface area contributed by atoms with Crippen LogP contribution < -0.4 is 0 Å². The molecule has 0 aromatic heterocycles. The number of hydrogen-bond donors (Lipinski definition) is 1. The highest BCUT2D eigenvalue weighted by Gasteiger charge is 2.30.